The highest BCUT2D eigenvalue weighted by molar-refractivity contribution is 7.89. The molecule has 1 aliphatic rings. The van der Waals surface area contributed by atoms with Gasteiger partial charge in [-0.2, -0.15) is 4.31 Å². The summed E-state index contributed by atoms with van der Waals surface area (Å²) in [7, 11) is 0.789. The van der Waals surface area contributed by atoms with Crippen LogP contribution in [0.5, 0.6) is 17.2 Å². The summed E-state index contributed by atoms with van der Waals surface area (Å²) in [5.41, 5.74) is 1.69. The maximum atomic E-state index is 13.3. The van der Waals surface area contributed by atoms with Crippen LogP contribution in [0.3, 0.4) is 0 Å². The number of piperidine rings is 1. The summed E-state index contributed by atoms with van der Waals surface area (Å²) in [6, 6.07) is 10.5. The molecule has 0 unspecified atom stereocenters. The first-order valence-electron chi connectivity index (χ1n) is 10.4. The SMILES string of the molecule is COc1ccc(CNC(=O)[C@H]2CCCN(S(=O)(=O)c3cc(C)ccc3OC)C2)cc1OC. The van der Waals surface area contributed by atoms with E-state index in [2.05, 4.69) is 5.32 Å². The number of methoxy groups -OCH3 is 3. The van der Waals surface area contributed by atoms with Gasteiger partial charge in [0, 0.05) is 19.6 Å². The topological polar surface area (TPSA) is 94.2 Å². The Balaban J connectivity index is 1.69. The van der Waals surface area contributed by atoms with Crippen LogP contribution in [0.25, 0.3) is 0 Å². The minimum absolute atomic E-state index is 0.131. The van der Waals surface area contributed by atoms with E-state index in [1.54, 1.807) is 44.6 Å². The molecule has 1 atom stereocenters. The number of carbonyl (C=O) groups is 1. The molecule has 9 heteroatoms. The lowest BCUT2D eigenvalue weighted by Crippen LogP contribution is -2.45. The number of sulfonamides is 1. The Morgan fingerprint density at radius 1 is 1.03 bits per heavy atom. The van der Waals surface area contributed by atoms with Crippen molar-refractivity contribution in [3.8, 4) is 17.2 Å². The van der Waals surface area contributed by atoms with Gasteiger partial charge in [0.15, 0.2) is 11.5 Å². The second kappa shape index (κ2) is 10.2. The third-order valence-corrected chi connectivity index (χ3v) is 7.49. The molecule has 0 radical (unpaired) electrons. The van der Waals surface area contributed by atoms with Crippen LogP contribution >= 0.6 is 0 Å². The number of nitrogens with one attached hydrogen (secondary N) is 1. The fourth-order valence-corrected chi connectivity index (χ4v) is 5.59. The molecule has 32 heavy (non-hydrogen) atoms. The highest BCUT2D eigenvalue weighted by atomic mass is 32.2. The van der Waals surface area contributed by atoms with Gasteiger partial charge in [-0.3, -0.25) is 4.79 Å². The fourth-order valence-electron chi connectivity index (χ4n) is 3.82. The van der Waals surface area contributed by atoms with Crippen molar-refractivity contribution < 1.29 is 27.4 Å². The molecule has 1 saturated heterocycles. The van der Waals surface area contributed by atoms with Gasteiger partial charge in [0.1, 0.15) is 10.6 Å². The molecule has 1 amide bonds. The van der Waals surface area contributed by atoms with Gasteiger partial charge in [0.25, 0.3) is 0 Å². The highest BCUT2D eigenvalue weighted by Gasteiger charge is 2.34. The van der Waals surface area contributed by atoms with Gasteiger partial charge >= 0.3 is 0 Å². The van der Waals surface area contributed by atoms with Gasteiger partial charge in [0.05, 0.1) is 27.2 Å². The largest absolute Gasteiger partial charge is 0.495 e. The summed E-state index contributed by atoms with van der Waals surface area (Å²) in [4.78, 5) is 13.0. The standard InChI is InChI=1S/C23H30N2O6S/c1-16-7-9-20(30-3)22(12-16)32(27,28)25-11-5-6-18(15-25)23(26)24-14-17-8-10-19(29-2)21(13-17)31-4/h7-10,12-13,18H,5-6,11,14-15H2,1-4H3,(H,24,26)/t18-/m0/s1. The van der Waals surface area contributed by atoms with E-state index in [0.29, 0.717) is 43.2 Å². The van der Waals surface area contributed by atoms with E-state index < -0.39 is 15.9 Å². The van der Waals surface area contributed by atoms with Crippen molar-refractivity contribution in [2.75, 3.05) is 34.4 Å². The van der Waals surface area contributed by atoms with Crippen molar-refractivity contribution in [3.63, 3.8) is 0 Å². The van der Waals surface area contributed by atoms with E-state index >= 15 is 0 Å². The third kappa shape index (κ3) is 5.16. The van der Waals surface area contributed by atoms with Crippen LogP contribution in [-0.2, 0) is 21.4 Å². The minimum Gasteiger partial charge on any atom is -0.495 e. The summed E-state index contributed by atoms with van der Waals surface area (Å²) < 4.78 is 43.8. The van der Waals surface area contributed by atoms with Crippen molar-refractivity contribution in [1.29, 1.82) is 0 Å². The molecule has 3 rings (SSSR count). The average molecular weight is 463 g/mol. The van der Waals surface area contributed by atoms with E-state index in [9.17, 15) is 13.2 Å². The Morgan fingerprint density at radius 2 is 1.72 bits per heavy atom. The first-order valence-corrected chi connectivity index (χ1v) is 11.9. The Hall–Kier alpha value is -2.78. The van der Waals surface area contributed by atoms with E-state index in [1.807, 2.05) is 13.0 Å². The van der Waals surface area contributed by atoms with Crippen LogP contribution < -0.4 is 19.5 Å². The van der Waals surface area contributed by atoms with Gasteiger partial charge in [0.2, 0.25) is 15.9 Å². The van der Waals surface area contributed by atoms with Crippen LogP contribution in [0, 0.1) is 12.8 Å². The van der Waals surface area contributed by atoms with Crippen molar-refractivity contribution in [1.82, 2.24) is 9.62 Å². The zero-order valence-corrected chi connectivity index (χ0v) is 19.7. The van der Waals surface area contributed by atoms with Gasteiger partial charge in [-0.25, -0.2) is 8.42 Å². The lowest BCUT2D eigenvalue weighted by Gasteiger charge is -2.31. The first kappa shape index (κ1) is 23.9. The fraction of sp³-hybridized carbons (Fsp3) is 0.435. The summed E-state index contributed by atoms with van der Waals surface area (Å²) in [6.45, 7) is 2.66. The van der Waals surface area contributed by atoms with Gasteiger partial charge in [-0.05, 0) is 55.2 Å². The summed E-state index contributed by atoms with van der Waals surface area (Å²) in [5.74, 6) is 0.907. The predicted octanol–water partition coefficient (Wildman–Crippen LogP) is 2.74. The van der Waals surface area contributed by atoms with Crippen molar-refractivity contribution >= 4 is 15.9 Å². The van der Waals surface area contributed by atoms with Gasteiger partial charge in [-0.1, -0.05) is 12.1 Å². The molecule has 8 nitrogen and oxygen atoms in total. The summed E-state index contributed by atoms with van der Waals surface area (Å²) >= 11 is 0. The molecular weight excluding hydrogens is 432 g/mol. The Kier molecular flexibility index (Phi) is 7.63. The molecule has 174 valence electrons. The number of amides is 1. The lowest BCUT2D eigenvalue weighted by atomic mass is 9.98. The smallest absolute Gasteiger partial charge is 0.246 e. The maximum absolute atomic E-state index is 13.3. The van der Waals surface area contributed by atoms with Crippen LogP contribution in [0.15, 0.2) is 41.3 Å². The molecule has 1 heterocycles. The Bertz CT molecular complexity index is 1070. The molecule has 2 aromatic rings. The second-order valence-corrected chi connectivity index (χ2v) is 9.67. The van der Waals surface area contributed by atoms with Gasteiger partial charge < -0.3 is 19.5 Å². The van der Waals surface area contributed by atoms with Crippen LogP contribution in [0.1, 0.15) is 24.0 Å². The third-order valence-electron chi connectivity index (χ3n) is 5.61. The van der Waals surface area contributed by atoms with E-state index in [4.69, 9.17) is 14.2 Å². The highest BCUT2D eigenvalue weighted by Crippen LogP contribution is 2.31. The van der Waals surface area contributed by atoms with E-state index in [1.165, 1.54) is 11.4 Å². The lowest BCUT2D eigenvalue weighted by molar-refractivity contribution is -0.126. The van der Waals surface area contributed by atoms with Gasteiger partial charge in [-0.15, -0.1) is 0 Å². The summed E-state index contributed by atoms with van der Waals surface area (Å²) in [5, 5.41) is 2.92. The van der Waals surface area contributed by atoms with Crippen LogP contribution in [0.2, 0.25) is 0 Å². The Labute approximate surface area is 189 Å². The minimum atomic E-state index is -3.78. The molecule has 2 aromatic carbocycles. The molecule has 0 bridgehead atoms. The number of benzene rings is 2. The number of rotatable bonds is 8. The molecule has 0 spiro atoms. The van der Waals surface area contributed by atoms with Crippen LogP contribution in [-0.4, -0.2) is 53.0 Å². The monoisotopic (exact) mass is 462 g/mol. The summed E-state index contributed by atoms with van der Waals surface area (Å²) in [6.07, 6.45) is 1.25. The molecular formula is C23H30N2O6S. The number of aryl methyl sites for hydroxylation is 1. The molecule has 0 aromatic heterocycles. The molecule has 0 aliphatic carbocycles. The van der Waals surface area contributed by atoms with Crippen molar-refractivity contribution in [2.45, 2.75) is 31.2 Å². The van der Waals surface area contributed by atoms with Crippen molar-refractivity contribution in [2.24, 2.45) is 5.92 Å². The van der Waals surface area contributed by atoms with Crippen LogP contribution in [0.4, 0.5) is 0 Å². The zero-order chi connectivity index (χ0) is 23.3. The Morgan fingerprint density at radius 3 is 2.41 bits per heavy atom. The maximum Gasteiger partial charge on any atom is 0.246 e. The molecule has 1 N–H and O–H groups in total. The average Bonchev–Trinajstić information content (AvgIpc) is 2.82. The molecule has 1 fully saturated rings. The zero-order valence-electron chi connectivity index (χ0n) is 18.9. The quantitative estimate of drug-likeness (QED) is 0.648. The number of hydrogen-bond donors (Lipinski definition) is 1. The van der Waals surface area contributed by atoms with Crippen molar-refractivity contribution in [3.05, 3.63) is 47.5 Å². The molecule has 0 saturated carbocycles. The predicted molar refractivity (Wildman–Crippen MR) is 121 cm³/mol. The number of carbonyl (C=O) groups excluding carboxylic acids is 1. The second-order valence-electron chi connectivity index (χ2n) is 7.76. The number of hydrogen-bond acceptors (Lipinski definition) is 6. The molecule has 1 aliphatic heterocycles. The normalized spacial score (nSPS) is 16.9. The number of ether oxygens (including phenoxy) is 3. The van der Waals surface area contributed by atoms with E-state index in [-0.39, 0.29) is 17.3 Å². The first-order chi connectivity index (χ1) is 15.3. The van der Waals surface area contributed by atoms with E-state index in [0.717, 1.165) is 11.1 Å². The number of nitrogens with zero attached hydrogens (tertiary/aromatic N) is 1.